The first-order chi connectivity index (χ1) is 10.1. The molecule has 0 unspecified atom stereocenters. The van der Waals surface area contributed by atoms with E-state index in [1.54, 1.807) is 7.11 Å². The SMILES string of the molecule is CCNCc1ccc(Oc2ccc(C)cc2OC)cc1Cl. The van der Waals surface area contributed by atoms with Gasteiger partial charge in [-0.15, -0.1) is 0 Å². The van der Waals surface area contributed by atoms with Crippen molar-refractivity contribution in [3.8, 4) is 17.2 Å². The van der Waals surface area contributed by atoms with Crippen molar-refractivity contribution in [1.29, 1.82) is 0 Å². The highest BCUT2D eigenvalue weighted by atomic mass is 35.5. The maximum atomic E-state index is 6.28. The molecule has 0 fully saturated rings. The van der Waals surface area contributed by atoms with Crippen LogP contribution in [0.25, 0.3) is 0 Å². The summed E-state index contributed by atoms with van der Waals surface area (Å²) in [7, 11) is 1.63. The predicted molar refractivity (Wildman–Crippen MR) is 86.6 cm³/mol. The van der Waals surface area contributed by atoms with E-state index in [4.69, 9.17) is 21.1 Å². The molecule has 1 N–H and O–H groups in total. The zero-order valence-electron chi connectivity index (χ0n) is 12.6. The monoisotopic (exact) mass is 305 g/mol. The summed E-state index contributed by atoms with van der Waals surface area (Å²) in [5, 5.41) is 3.95. The summed E-state index contributed by atoms with van der Waals surface area (Å²) in [5.74, 6) is 2.09. The van der Waals surface area contributed by atoms with Crippen molar-refractivity contribution in [3.05, 3.63) is 52.5 Å². The fourth-order valence-electron chi connectivity index (χ4n) is 1.98. The van der Waals surface area contributed by atoms with Gasteiger partial charge < -0.3 is 14.8 Å². The van der Waals surface area contributed by atoms with E-state index in [1.807, 2.05) is 43.3 Å². The van der Waals surface area contributed by atoms with Gasteiger partial charge in [0.05, 0.1) is 7.11 Å². The average Bonchev–Trinajstić information content (AvgIpc) is 2.48. The smallest absolute Gasteiger partial charge is 0.169 e. The van der Waals surface area contributed by atoms with Crippen molar-refractivity contribution < 1.29 is 9.47 Å². The Morgan fingerprint density at radius 1 is 1.10 bits per heavy atom. The molecule has 2 rings (SSSR count). The lowest BCUT2D eigenvalue weighted by Gasteiger charge is -2.12. The maximum absolute atomic E-state index is 6.28. The van der Waals surface area contributed by atoms with Crippen LogP contribution in [0.2, 0.25) is 5.02 Å². The number of hydrogen-bond acceptors (Lipinski definition) is 3. The van der Waals surface area contributed by atoms with E-state index in [0.29, 0.717) is 22.3 Å². The summed E-state index contributed by atoms with van der Waals surface area (Å²) in [6, 6.07) is 11.5. The van der Waals surface area contributed by atoms with E-state index in [2.05, 4.69) is 12.2 Å². The van der Waals surface area contributed by atoms with Gasteiger partial charge in [-0.2, -0.15) is 0 Å². The highest BCUT2D eigenvalue weighted by Crippen LogP contribution is 2.33. The van der Waals surface area contributed by atoms with Crippen LogP contribution < -0.4 is 14.8 Å². The lowest BCUT2D eigenvalue weighted by atomic mass is 10.2. The zero-order chi connectivity index (χ0) is 15.2. The molecule has 0 amide bonds. The average molecular weight is 306 g/mol. The first-order valence-corrected chi connectivity index (χ1v) is 7.33. The number of rotatable bonds is 6. The molecule has 0 aliphatic rings. The van der Waals surface area contributed by atoms with Crippen LogP contribution in [0.5, 0.6) is 17.2 Å². The van der Waals surface area contributed by atoms with E-state index in [1.165, 1.54) is 0 Å². The van der Waals surface area contributed by atoms with Crippen LogP contribution >= 0.6 is 11.6 Å². The second kappa shape index (κ2) is 7.34. The molecule has 112 valence electrons. The van der Waals surface area contributed by atoms with Gasteiger partial charge in [0.15, 0.2) is 11.5 Å². The van der Waals surface area contributed by atoms with E-state index in [-0.39, 0.29) is 0 Å². The molecule has 4 heteroatoms. The highest BCUT2D eigenvalue weighted by Gasteiger charge is 2.08. The van der Waals surface area contributed by atoms with Gasteiger partial charge in [0.2, 0.25) is 0 Å². The number of methoxy groups -OCH3 is 1. The van der Waals surface area contributed by atoms with Crippen molar-refractivity contribution in [2.45, 2.75) is 20.4 Å². The Morgan fingerprint density at radius 2 is 1.90 bits per heavy atom. The van der Waals surface area contributed by atoms with Crippen LogP contribution in [-0.4, -0.2) is 13.7 Å². The Labute approximate surface area is 130 Å². The minimum absolute atomic E-state index is 0.679. The number of halogens is 1. The molecule has 2 aromatic rings. The molecule has 0 heterocycles. The second-order valence-electron chi connectivity index (χ2n) is 4.79. The molecule has 0 radical (unpaired) electrons. The van der Waals surface area contributed by atoms with Crippen LogP contribution in [0.1, 0.15) is 18.1 Å². The van der Waals surface area contributed by atoms with Gasteiger partial charge in [0, 0.05) is 11.6 Å². The van der Waals surface area contributed by atoms with Crippen molar-refractivity contribution in [1.82, 2.24) is 5.32 Å². The van der Waals surface area contributed by atoms with Gasteiger partial charge in [-0.3, -0.25) is 0 Å². The maximum Gasteiger partial charge on any atom is 0.169 e. The summed E-state index contributed by atoms with van der Waals surface area (Å²) in [4.78, 5) is 0. The molecule has 0 saturated heterocycles. The molecule has 0 atom stereocenters. The molecular formula is C17H20ClNO2. The normalized spacial score (nSPS) is 10.5. The Kier molecular flexibility index (Phi) is 5.48. The quantitative estimate of drug-likeness (QED) is 0.848. The van der Waals surface area contributed by atoms with Crippen LogP contribution in [0.4, 0.5) is 0 Å². The van der Waals surface area contributed by atoms with Crippen LogP contribution in [0.3, 0.4) is 0 Å². The molecule has 21 heavy (non-hydrogen) atoms. The first kappa shape index (κ1) is 15.7. The van der Waals surface area contributed by atoms with E-state index in [9.17, 15) is 0 Å². The Balaban J connectivity index is 2.18. The number of benzene rings is 2. The fraction of sp³-hybridized carbons (Fsp3) is 0.294. The fourth-order valence-corrected chi connectivity index (χ4v) is 2.22. The molecule has 2 aromatic carbocycles. The summed E-state index contributed by atoms with van der Waals surface area (Å²) >= 11 is 6.28. The minimum Gasteiger partial charge on any atom is -0.493 e. The molecular weight excluding hydrogens is 286 g/mol. The van der Waals surface area contributed by atoms with Gasteiger partial charge in [0.1, 0.15) is 5.75 Å². The van der Waals surface area contributed by atoms with E-state index >= 15 is 0 Å². The lowest BCUT2D eigenvalue weighted by molar-refractivity contribution is 0.378. The number of hydrogen-bond donors (Lipinski definition) is 1. The summed E-state index contributed by atoms with van der Waals surface area (Å²) in [6.07, 6.45) is 0. The largest absolute Gasteiger partial charge is 0.493 e. The van der Waals surface area contributed by atoms with Crippen molar-refractivity contribution in [3.63, 3.8) is 0 Å². The summed E-state index contributed by atoms with van der Waals surface area (Å²) in [5.41, 5.74) is 2.18. The van der Waals surface area contributed by atoms with Crippen LogP contribution in [0.15, 0.2) is 36.4 Å². The summed E-state index contributed by atoms with van der Waals surface area (Å²) in [6.45, 7) is 5.74. The molecule has 0 aliphatic carbocycles. The molecule has 0 saturated carbocycles. The number of nitrogens with one attached hydrogen (secondary N) is 1. The topological polar surface area (TPSA) is 30.5 Å². The van der Waals surface area contributed by atoms with Gasteiger partial charge in [0.25, 0.3) is 0 Å². The molecule has 3 nitrogen and oxygen atoms in total. The van der Waals surface area contributed by atoms with Gasteiger partial charge >= 0.3 is 0 Å². The molecule has 0 aliphatic heterocycles. The third-order valence-corrected chi connectivity index (χ3v) is 3.49. The Morgan fingerprint density at radius 3 is 2.57 bits per heavy atom. The third-order valence-electron chi connectivity index (χ3n) is 3.14. The number of ether oxygens (including phenoxy) is 2. The zero-order valence-corrected chi connectivity index (χ0v) is 13.3. The van der Waals surface area contributed by atoms with Gasteiger partial charge in [-0.25, -0.2) is 0 Å². The van der Waals surface area contributed by atoms with E-state index < -0.39 is 0 Å². The predicted octanol–water partition coefficient (Wildman–Crippen LogP) is 4.56. The molecule has 0 spiro atoms. The second-order valence-corrected chi connectivity index (χ2v) is 5.20. The molecule has 0 bridgehead atoms. The van der Waals surface area contributed by atoms with Gasteiger partial charge in [-0.05, 0) is 48.9 Å². The summed E-state index contributed by atoms with van der Waals surface area (Å²) < 4.78 is 11.2. The Bertz CT molecular complexity index is 614. The highest BCUT2D eigenvalue weighted by molar-refractivity contribution is 6.31. The first-order valence-electron chi connectivity index (χ1n) is 6.95. The third kappa shape index (κ3) is 4.13. The van der Waals surface area contributed by atoms with Crippen molar-refractivity contribution in [2.75, 3.05) is 13.7 Å². The van der Waals surface area contributed by atoms with Crippen LogP contribution in [-0.2, 0) is 6.54 Å². The van der Waals surface area contributed by atoms with Crippen LogP contribution in [0, 0.1) is 6.92 Å². The minimum atomic E-state index is 0.679. The van der Waals surface area contributed by atoms with Crippen molar-refractivity contribution in [2.24, 2.45) is 0 Å². The van der Waals surface area contributed by atoms with Crippen molar-refractivity contribution >= 4 is 11.6 Å². The molecule has 0 aromatic heterocycles. The van der Waals surface area contributed by atoms with E-state index in [0.717, 1.165) is 24.2 Å². The van der Waals surface area contributed by atoms with Gasteiger partial charge in [-0.1, -0.05) is 30.7 Å². The number of aryl methyl sites for hydroxylation is 1. The Hall–Kier alpha value is -1.71. The standard InChI is InChI=1S/C17H20ClNO2/c1-4-19-11-13-6-7-14(10-15(13)18)21-16-8-5-12(2)9-17(16)20-3/h5-10,19H,4,11H2,1-3H3. The lowest BCUT2D eigenvalue weighted by Crippen LogP contribution is -2.11.